The van der Waals surface area contributed by atoms with Gasteiger partial charge < -0.3 is 19.3 Å². The Morgan fingerprint density at radius 1 is 0.868 bits per heavy atom. The number of H-pyrrole nitrogens is 1. The number of nitrogens with zero attached hydrogens (tertiary/aromatic N) is 1. The van der Waals surface area contributed by atoms with Crippen LogP contribution in [0.2, 0.25) is 0 Å². The number of nitrogens with one attached hydrogen (secondary N) is 1. The molecule has 0 fully saturated rings. The van der Waals surface area contributed by atoms with Crippen LogP contribution in [0.1, 0.15) is 23.1 Å². The fraction of sp³-hybridized carbons (Fsp3) is 0.241. The Morgan fingerprint density at radius 2 is 1.39 bits per heavy atom. The van der Waals surface area contributed by atoms with E-state index in [0.29, 0.717) is 15.1 Å². The van der Waals surface area contributed by atoms with Gasteiger partial charge in [0.15, 0.2) is 0 Å². The molecule has 4 aromatic rings. The summed E-state index contributed by atoms with van der Waals surface area (Å²) in [7, 11) is 3.23. The lowest BCUT2D eigenvalue weighted by Crippen LogP contribution is -2.36. The lowest BCUT2D eigenvalue weighted by Gasteiger charge is -2.36. The Kier molecular flexibility index (Phi) is 9.03. The summed E-state index contributed by atoms with van der Waals surface area (Å²) in [5.74, 6) is 1.43. The topological polar surface area (TPSA) is 103 Å². The molecule has 1 heterocycles. The number of aliphatic hydroxyl groups is 1. The Bertz CT molecular complexity index is 1400. The molecule has 8 nitrogen and oxygen atoms in total. The van der Waals surface area contributed by atoms with Gasteiger partial charge in [-0.15, -0.1) is 0 Å². The van der Waals surface area contributed by atoms with Crippen molar-refractivity contribution >= 4 is 22.6 Å². The van der Waals surface area contributed by atoms with Crippen LogP contribution in [0.4, 0.5) is 0 Å². The summed E-state index contributed by atoms with van der Waals surface area (Å²) in [6.07, 6.45) is 0.849. The van der Waals surface area contributed by atoms with Gasteiger partial charge in [-0.25, -0.2) is 4.79 Å². The Labute approximate surface area is 234 Å². The second kappa shape index (κ2) is 12.4. The Balaban J connectivity index is 1.69. The SMILES string of the molecule is COc1ccc(C(OCC(O)CCn2cc(I)c(=O)[nH]c2=O)(c2ccccc2)c2ccc(OC)cc2)cc1. The third kappa shape index (κ3) is 6.01. The summed E-state index contributed by atoms with van der Waals surface area (Å²) >= 11 is 1.87. The maximum atomic E-state index is 12.2. The van der Waals surface area contributed by atoms with Crippen molar-refractivity contribution in [3.05, 3.63) is 126 Å². The van der Waals surface area contributed by atoms with E-state index >= 15 is 0 Å². The standard InChI is InChI=1S/C29H29IN2O6/c1-36-24-12-8-21(9-13-24)29(20-6-4-3-5-7-20,22-10-14-25(37-2)15-11-22)38-19-23(33)16-17-32-18-26(30)27(34)31-28(32)35/h3-15,18,23,33H,16-17,19H2,1-2H3,(H,31,34,35). The van der Waals surface area contributed by atoms with Crippen molar-refractivity contribution in [3.63, 3.8) is 0 Å². The molecule has 0 spiro atoms. The van der Waals surface area contributed by atoms with Gasteiger partial charge in [0.25, 0.3) is 5.56 Å². The largest absolute Gasteiger partial charge is 0.497 e. The molecular formula is C29H29IN2O6. The highest BCUT2D eigenvalue weighted by molar-refractivity contribution is 14.1. The van der Waals surface area contributed by atoms with Crippen molar-refractivity contribution in [1.29, 1.82) is 0 Å². The van der Waals surface area contributed by atoms with E-state index < -0.39 is 23.0 Å². The van der Waals surface area contributed by atoms with Crippen LogP contribution in [0.5, 0.6) is 11.5 Å². The van der Waals surface area contributed by atoms with E-state index in [2.05, 4.69) is 4.98 Å². The van der Waals surface area contributed by atoms with Crippen molar-refractivity contribution in [2.45, 2.75) is 24.7 Å². The normalized spacial score (nSPS) is 12.2. The van der Waals surface area contributed by atoms with Crippen molar-refractivity contribution in [2.75, 3.05) is 20.8 Å². The minimum atomic E-state index is -1.05. The Hall–Kier alpha value is -3.41. The molecule has 2 N–H and O–H groups in total. The number of methoxy groups -OCH3 is 2. The fourth-order valence-corrected chi connectivity index (χ4v) is 4.79. The zero-order valence-corrected chi connectivity index (χ0v) is 23.3. The van der Waals surface area contributed by atoms with Gasteiger partial charge in [-0.3, -0.25) is 14.3 Å². The smallest absolute Gasteiger partial charge is 0.328 e. The van der Waals surface area contributed by atoms with Gasteiger partial charge in [0.2, 0.25) is 0 Å². The van der Waals surface area contributed by atoms with Crippen LogP contribution >= 0.6 is 22.6 Å². The van der Waals surface area contributed by atoms with E-state index in [1.165, 1.54) is 10.8 Å². The van der Waals surface area contributed by atoms with E-state index in [0.717, 1.165) is 16.7 Å². The van der Waals surface area contributed by atoms with Gasteiger partial charge in [0.05, 0.1) is 30.5 Å². The second-order valence-corrected chi connectivity index (χ2v) is 9.85. The molecular weight excluding hydrogens is 599 g/mol. The molecule has 9 heteroatoms. The zero-order valence-electron chi connectivity index (χ0n) is 21.1. The van der Waals surface area contributed by atoms with Crippen LogP contribution in [0.15, 0.2) is 94.6 Å². The van der Waals surface area contributed by atoms with E-state index in [1.54, 1.807) is 14.2 Å². The Morgan fingerprint density at radius 3 is 1.92 bits per heavy atom. The first-order chi connectivity index (χ1) is 18.4. The maximum absolute atomic E-state index is 12.2. The quantitative estimate of drug-likeness (QED) is 0.193. The predicted octanol–water partition coefficient (Wildman–Crippen LogP) is 3.92. The molecule has 0 aliphatic heterocycles. The summed E-state index contributed by atoms with van der Waals surface area (Å²) in [5.41, 5.74) is 0.599. The first kappa shape index (κ1) is 27.6. The summed E-state index contributed by atoms with van der Waals surface area (Å²) in [4.78, 5) is 26.1. The third-order valence-electron chi connectivity index (χ3n) is 6.34. The van der Waals surface area contributed by atoms with Gasteiger partial charge in [-0.2, -0.15) is 0 Å². The van der Waals surface area contributed by atoms with Gasteiger partial charge in [-0.1, -0.05) is 54.6 Å². The predicted molar refractivity (Wildman–Crippen MR) is 153 cm³/mol. The number of hydrogen-bond donors (Lipinski definition) is 2. The summed E-state index contributed by atoms with van der Waals surface area (Å²) < 4.78 is 19.2. The maximum Gasteiger partial charge on any atom is 0.328 e. The molecule has 1 aromatic heterocycles. The molecule has 38 heavy (non-hydrogen) atoms. The van der Waals surface area contributed by atoms with Crippen LogP contribution in [0, 0.1) is 3.57 Å². The molecule has 1 atom stereocenters. The van der Waals surface area contributed by atoms with Gasteiger partial charge in [0, 0.05) is 12.7 Å². The van der Waals surface area contributed by atoms with Crippen LogP contribution < -0.4 is 20.7 Å². The molecule has 198 valence electrons. The van der Waals surface area contributed by atoms with Crippen LogP contribution in [-0.2, 0) is 16.9 Å². The number of aliphatic hydroxyl groups excluding tert-OH is 1. The average Bonchev–Trinajstić information content (AvgIpc) is 2.95. The van der Waals surface area contributed by atoms with E-state index in [1.807, 2.05) is 101 Å². The molecule has 0 radical (unpaired) electrons. The minimum absolute atomic E-state index is 0.0118. The first-order valence-corrected chi connectivity index (χ1v) is 13.1. The molecule has 4 rings (SSSR count). The van der Waals surface area contributed by atoms with Crippen LogP contribution in [-0.4, -0.2) is 41.6 Å². The monoisotopic (exact) mass is 628 g/mol. The van der Waals surface area contributed by atoms with E-state index in [9.17, 15) is 14.7 Å². The summed E-state index contributed by atoms with van der Waals surface area (Å²) in [5, 5.41) is 10.9. The molecule has 0 aliphatic carbocycles. The fourth-order valence-electron chi connectivity index (χ4n) is 4.32. The molecule has 0 amide bonds. The van der Waals surface area contributed by atoms with Gasteiger partial charge in [-0.05, 0) is 70.0 Å². The third-order valence-corrected chi connectivity index (χ3v) is 7.10. The van der Waals surface area contributed by atoms with Gasteiger partial charge >= 0.3 is 5.69 Å². The molecule has 0 aliphatic rings. The highest BCUT2D eigenvalue weighted by atomic mass is 127. The van der Waals surface area contributed by atoms with Crippen molar-refractivity contribution in [3.8, 4) is 11.5 Å². The van der Waals surface area contributed by atoms with Crippen molar-refractivity contribution < 1.29 is 19.3 Å². The van der Waals surface area contributed by atoms with Gasteiger partial charge in [0.1, 0.15) is 17.1 Å². The number of halogens is 1. The molecule has 0 saturated carbocycles. The summed E-state index contributed by atoms with van der Waals surface area (Å²) in [6.45, 7) is 0.210. The van der Waals surface area contributed by atoms with E-state index in [4.69, 9.17) is 14.2 Å². The minimum Gasteiger partial charge on any atom is -0.497 e. The van der Waals surface area contributed by atoms with Crippen LogP contribution in [0.3, 0.4) is 0 Å². The highest BCUT2D eigenvalue weighted by Crippen LogP contribution is 2.41. The number of ether oxygens (including phenoxy) is 3. The zero-order chi connectivity index (χ0) is 27.1. The second-order valence-electron chi connectivity index (χ2n) is 8.69. The first-order valence-electron chi connectivity index (χ1n) is 12.0. The molecule has 0 saturated heterocycles. The number of hydrogen-bond acceptors (Lipinski definition) is 6. The lowest BCUT2D eigenvalue weighted by atomic mass is 9.80. The lowest BCUT2D eigenvalue weighted by molar-refractivity contribution is -0.0411. The average molecular weight is 628 g/mol. The molecule has 1 unspecified atom stereocenters. The van der Waals surface area contributed by atoms with E-state index in [-0.39, 0.29) is 19.6 Å². The number of rotatable bonds is 11. The molecule has 3 aromatic carbocycles. The van der Waals surface area contributed by atoms with Crippen LogP contribution in [0.25, 0.3) is 0 Å². The summed E-state index contributed by atoms with van der Waals surface area (Å²) in [6, 6.07) is 25.1. The number of aryl methyl sites for hydroxylation is 1. The van der Waals surface area contributed by atoms with Crippen molar-refractivity contribution in [1.82, 2.24) is 9.55 Å². The number of aromatic nitrogens is 2. The molecule has 0 bridgehead atoms. The van der Waals surface area contributed by atoms with Crippen molar-refractivity contribution in [2.24, 2.45) is 0 Å². The highest BCUT2D eigenvalue weighted by Gasteiger charge is 2.38. The number of benzene rings is 3. The number of aromatic amines is 1.